The molecule has 20 heavy (non-hydrogen) atoms. The van der Waals surface area contributed by atoms with E-state index in [0.29, 0.717) is 0 Å². The number of nitrogens with two attached hydrogens (primary N) is 1. The SMILES string of the molecule is Cc1ccc(C(N)CCN2CCn3ccnc3C2)cc1. The summed E-state index contributed by atoms with van der Waals surface area (Å²) in [6.07, 6.45) is 4.94. The van der Waals surface area contributed by atoms with Gasteiger partial charge in [-0.2, -0.15) is 0 Å². The molecule has 2 heterocycles. The van der Waals surface area contributed by atoms with Crippen LogP contribution in [0.15, 0.2) is 36.7 Å². The zero-order valence-electron chi connectivity index (χ0n) is 12.0. The van der Waals surface area contributed by atoms with Crippen molar-refractivity contribution in [2.24, 2.45) is 5.73 Å². The summed E-state index contributed by atoms with van der Waals surface area (Å²) < 4.78 is 2.23. The Bertz CT molecular complexity index is 558. The molecule has 106 valence electrons. The standard InChI is InChI=1S/C16H22N4/c1-13-2-4-14(5-3-13)15(17)6-8-19-10-11-20-9-7-18-16(20)12-19/h2-5,7,9,15H,6,8,10-12,17H2,1H3. The predicted octanol–water partition coefficient (Wildman–Crippen LogP) is 2.10. The number of aryl methyl sites for hydroxylation is 1. The normalized spacial score (nSPS) is 16.9. The third kappa shape index (κ3) is 2.92. The molecule has 2 aromatic rings. The Morgan fingerprint density at radius 2 is 2.05 bits per heavy atom. The first-order valence-corrected chi connectivity index (χ1v) is 7.27. The molecular weight excluding hydrogens is 248 g/mol. The summed E-state index contributed by atoms with van der Waals surface area (Å²) in [5.41, 5.74) is 8.80. The summed E-state index contributed by atoms with van der Waals surface area (Å²) in [5, 5.41) is 0. The first kappa shape index (κ1) is 13.3. The Balaban J connectivity index is 1.54. The van der Waals surface area contributed by atoms with Crippen molar-refractivity contribution in [3.8, 4) is 0 Å². The van der Waals surface area contributed by atoms with Gasteiger partial charge < -0.3 is 10.3 Å². The van der Waals surface area contributed by atoms with E-state index in [2.05, 4.69) is 51.8 Å². The second-order valence-corrected chi connectivity index (χ2v) is 5.62. The maximum absolute atomic E-state index is 6.29. The topological polar surface area (TPSA) is 47.1 Å². The van der Waals surface area contributed by atoms with Crippen LogP contribution >= 0.6 is 0 Å². The summed E-state index contributed by atoms with van der Waals surface area (Å²) >= 11 is 0. The molecule has 1 unspecified atom stereocenters. The number of fused-ring (bicyclic) bond motifs is 1. The van der Waals surface area contributed by atoms with Crippen LogP contribution in [0.4, 0.5) is 0 Å². The summed E-state index contributed by atoms with van der Waals surface area (Å²) in [7, 11) is 0. The minimum Gasteiger partial charge on any atom is -0.333 e. The Labute approximate surface area is 120 Å². The molecule has 0 saturated heterocycles. The molecule has 2 N–H and O–H groups in total. The van der Waals surface area contributed by atoms with E-state index in [4.69, 9.17) is 5.73 Å². The fourth-order valence-electron chi connectivity index (χ4n) is 2.72. The Kier molecular flexibility index (Phi) is 3.85. The van der Waals surface area contributed by atoms with Crippen LogP contribution in [0.1, 0.15) is 29.4 Å². The van der Waals surface area contributed by atoms with Gasteiger partial charge in [0.05, 0.1) is 6.54 Å². The Morgan fingerprint density at radius 1 is 1.25 bits per heavy atom. The van der Waals surface area contributed by atoms with Crippen LogP contribution in [0, 0.1) is 6.92 Å². The quantitative estimate of drug-likeness (QED) is 0.925. The summed E-state index contributed by atoms with van der Waals surface area (Å²) in [4.78, 5) is 6.83. The van der Waals surface area contributed by atoms with Gasteiger partial charge in [-0.25, -0.2) is 4.98 Å². The molecule has 0 bridgehead atoms. The molecule has 0 amide bonds. The van der Waals surface area contributed by atoms with Crippen LogP contribution < -0.4 is 5.73 Å². The average Bonchev–Trinajstić information content (AvgIpc) is 2.93. The van der Waals surface area contributed by atoms with E-state index in [1.54, 1.807) is 0 Å². The van der Waals surface area contributed by atoms with Crippen molar-refractivity contribution in [2.45, 2.75) is 32.5 Å². The molecule has 0 fully saturated rings. The molecular formula is C16H22N4. The second kappa shape index (κ2) is 5.77. The van der Waals surface area contributed by atoms with Gasteiger partial charge in [0.1, 0.15) is 5.82 Å². The number of benzene rings is 1. The lowest BCUT2D eigenvalue weighted by Gasteiger charge is -2.28. The zero-order chi connectivity index (χ0) is 13.9. The van der Waals surface area contributed by atoms with E-state index in [1.165, 1.54) is 17.0 Å². The van der Waals surface area contributed by atoms with Gasteiger partial charge in [-0.05, 0) is 18.9 Å². The average molecular weight is 270 g/mol. The molecule has 4 heteroatoms. The minimum atomic E-state index is 0.122. The van der Waals surface area contributed by atoms with Gasteiger partial charge in [0.25, 0.3) is 0 Å². The summed E-state index contributed by atoms with van der Waals surface area (Å²) in [6, 6.07) is 8.67. The number of rotatable bonds is 4. The van der Waals surface area contributed by atoms with E-state index in [1.807, 2.05) is 6.20 Å². The smallest absolute Gasteiger partial charge is 0.122 e. The fraction of sp³-hybridized carbons (Fsp3) is 0.438. The largest absolute Gasteiger partial charge is 0.333 e. The number of hydrogen-bond donors (Lipinski definition) is 1. The number of aromatic nitrogens is 2. The van der Waals surface area contributed by atoms with Crippen LogP contribution in [-0.4, -0.2) is 27.5 Å². The maximum atomic E-state index is 6.29. The van der Waals surface area contributed by atoms with Crippen LogP contribution in [0.5, 0.6) is 0 Å². The lowest BCUT2D eigenvalue weighted by atomic mass is 10.0. The van der Waals surface area contributed by atoms with E-state index >= 15 is 0 Å². The highest BCUT2D eigenvalue weighted by Crippen LogP contribution is 2.17. The van der Waals surface area contributed by atoms with Gasteiger partial charge in [0, 0.05) is 38.1 Å². The molecule has 1 aliphatic heterocycles. The van der Waals surface area contributed by atoms with Crippen LogP contribution in [0.25, 0.3) is 0 Å². The molecule has 1 atom stereocenters. The van der Waals surface area contributed by atoms with E-state index in [0.717, 1.165) is 32.6 Å². The predicted molar refractivity (Wildman–Crippen MR) is 80.2 cm³/mol. The monoisotopic (exact) mass is 270 g/mol. The van der Waals surface area contributed by atoms with Gasteiger partial charge >= 0.3 is 0 Å². The zero-order valence-corrected chi connectivity index (χ0v) is 12.0. The number of imidazole rings is 1. The van der Waals surface area contributed by atoms with E-state index < -0.39 is 0 Å². The van der Waals surface area contributed by atoms with E-state index in [9.17, 15) is 0 Å². The highest BCUT2D eigenvalue weighted by Gasteiger charge is 2.17. The lowest BCUT2D eigenvalue weighted by molar-refractivity contribution is 0.210. The second-order valence-electron chi connectivity index (χ2n) is 5.62. The molecule has 1 aliphatic rings. The Morgan fingerprint density at radius 3 is 2.85 bits per heavy atom. The summed E-state index contributed by atoms with van der Waals surface area (Å²) in [6.45, 7) is 6.19. The third-order valence-corrected chi connectivity index (χ3v) is 4.09. The first-order valence-electron chi connectivity index (χ1n) is 7.27. The number of hydrogen-bond acceptors (Lipinski definition) is 3. The van der Waals surface area contributed by atoms with E-state index in [-0.39, 0.29) is 6.04 Å². The van der Waals surface area contributed by atoms with Gasteiger partial charge in [0.2, 0.25) is 0 Å². The molecule has 0 spiro atoms. The van der Waals surface area contributed by atoms with Gasteiger partial charge in [-0.15, -0.1) is 0 Å². The lowest BCUT2D eigenvalue weighted by Crippen LogP contribution is -2.35. The fourth-order valence-corrected chi connectivity index (χ4v) is 2.72. The van der Waals surface area contributed by atoms with Crippen molar-refractivity contribution < 1.29 is 0 Å². The van der Waals surface area contributed by atoms with Crippen molar-refractivity contribution in [2.75, 3.05) is 13.1 Å². The van der Waals surface area contributed by atoms with Crippen LogP contribution in [-0.2, 0) is 13.1 Å². The van der Waals surface area contributed by atoms with Gasteiger partial charge in [-0.1, -0.05) is 29.8 Å². The highest BCUT2D eigenvalue weighted by atomic mass is 15.2. The van der Waals surface area contributed by atoms with Crippen LogP contribution in [0.2, 0.25) is 0 Å². The third-order valence-electron chi connectivity index (χ3n) is 4.09. The molecule has 0 aliphatic carbocycles. The highest BCUT2D eigenvalue weighted by molar-refractivity contribution is 5.23. The summed E-state index contributed by atoms with van der Waals surface area (Å²) in [5.74, 6) is 1.17. The van der Waals surface area contributed by atoms with Gasteiger partial charge in [-0.3, -0.25) is 4.90 Å². The molecule has 1 aromatic heterocycles. The minimum absolute atomic E-state index is 0.122. The van der Waals surface area contributed by atoms with Crippen molar-refractivity contribution in [3.05, 3.63) is 53.6 Å². The Hall–Kier alpha value is -1.65. The molecule has 3 rings (SSSR count). The van der Waals surface area contributed by atoms with Crippen molar-refractivity contribution in [3.63, 3.8) is 0 Å². The number of nitrogens with zero attached hydrogens (tertiary/aromatic N) is 3. The van der Waals surface area contributed by atoms with Crippen molar-refractivity contribution in [1.29, 1.82) is 0 Å². The van der Waals surface area contributed by atoms with Crippen molar-refractivity contribution >= 4 is 0 Å². The van der Waals surface area contributed by atoms with Crippen LogP contribution in [0.3, 0.4) is 0 Å². The molecule has 1 aromatic carbocycles. The molecule has 0 saturated carbocycles. The van der Waals surface area contributed by atoms with Crippen molar-refractivity contribution in [1.82, 2.24) is 14.5 Å². The maximum Gasteiger partial charge on any atom is 0.122 e. The molecule has 0 radical (unpaired) electrons. The first-order chi connectivity index (χ1) is 9.72. The van der Waals surface area contributed by atoms with Gasteiger partial charge in [0.15, 0.2) is 0 Å². The molecule has 4 nitrogen and oxygen atoms in total.